The van der Waals surface area contributed by atoms with Crippen LogP contribution in [0.25, 0.3) is 11.8 Å². The highest BCUT2D eigenvalue weighted by Crippen LogP contribution is 2.25. The molecule has 7 nitrogen and oxygen atoms in total. The van der Waals surface area contributed by atoms with Crippen molar-refractivity contribution < 1.29 is 14.0 Å². The van der Waals surface area contributed by atoms with Gasteiger partial charge in [-0.15, -0.1) is 0 Å². The number of amides is 2. The molecular formula is C23H29ClFN5O2. The lowest BCUT2D eigenvalue weighted by Crippen LogP contribution is -2.51. The van der Waals surface area contributed by atoms with Crippen molar-refractivity contribution in [1.29, 1.82) is 0 Å². The van der Waals surface area contributed by atoms with E-state index in [2.05, 4.69) is 10.00 Å². The third-order valence-corrected chi connectivity index (χ3v) is 6.03. The van der Waals surface area contributed by atoms with Crippen molar-refractivity contribution in [2.45, 2.75) is 20.8 Å². The molecule has 0 saturated carbocycles. The van der Waals surface area contributed by atoms with Crippen LogP contribution in [0.1, 0.15) is 25.1 Å². The molecule has 0 radical (unpaired) electrons. The van der Waals surface area contributed by atoms with E-state index in [1.807, 2.05) is 25.7 Å². The van der Waals surface area contributed by atoms with E-state index in [0.717, 1.165) is 0 Å². The summed E-state index contributed by atoms with van der Waals surface area (Å²) in [6, 6.07) is 5.88. The Morgan fingerprint density at radius 1 is 1.12 bits per heavy atom. The van der Waals surface area contributed by atoms with Crippen molar-refractivity contribution in [2.24, 2.45) is 0 Å². The summed E-state index contributed by atoms with van der Waals surface area (Å²) in [6.07, 6.45) is 3.17. The van der Waals surface area contributed by atoms with E-state index in [-0.39, 0.29) is 17.6 Å². The number of likely N-dealkylation sites (N-methyl/N-ethyl adjacent to an activating group) is 1. The molecule has 1 fully saturated rings. The summed E-state index contributed by atoms with van der Waals surface area (Å²) in [5.41, 5.74) is 1.96. The Morgan fingerprint density at radius 3 is 2.34 bits per heavy atom. The summed E-state index contributed by atoms with van der Waals surface area (Å²) < 4.78 is 14.7. The normalized spacial score (nSPS) is 14.8. The molecule has 2 heterocycles. The van der Waals surface area contributed by atoms with Crippen LogP contribution in [0.5, 0.6) is 0 Å². The van der Waals surface area contributed by atoms with Crippen LogP contribution in [-0.4, -0.2) is 82.1 Å². The maximum atomic E-state index is 13.2. The number of hydrogen-bond donors (Lipinski definition) is 0. The molecule has 0 spiro atoms. The number of hydrogen-bond acceptors (Lipinski definition) is 4. The first kappa shape index (κ1) is 23.9. The van der Waals surface area contributed by atoms with Crippen LogP contribution in [0.15, 0.2) is 30.3 Å². The van der Waals surface area contributed by atoms with Gasteiger partial charge in [-0.2, -0.15) is 5.10 Å². The first-order chi connectivity index (χ1) is 15.3. The topological polar surface area (TPSA) is 61.7 Å². The fraction of sp³-hybridized carbons (Fsp3) is 0.435. The molecule has 0 N–H and O–H groups in total. The zero-order valence-corrected chi connectivity index (χ0v) is 19.5. The molecule has 1 aliphatic rings. The first-order valence-corrected chi connectivity index (χ1v) is 11.2. The van der Waals surface area contributed by atoms with Crippen molar-refractivity contribution in [3.05, 3.63) is 52.6 Å². The van der Waals surface area contributed by atoms with Crippen molar-refractivity contribution in [1.82, 2.24) is 24.5 Å². The zero-order chi connectivity index (χ0) is 23.3. The van der Waals surface area contributed by atoms with E-state index in [9.17, 15) is 14.0 Å². The summed E-state index contributed by atoms with van der Waals surface area (Å²) in [7, 11) is 0. The average molecular weight is 462 g/mol. The third-order valence-electron chi connectivity index (χ3n) is 5.67. The molecule has 3 rings (SSSR count). The van der Waals surface area contributed by atoms with Crippen molar-refractivity contribution >= 4 is 29.5 Å². The minimum Gasteiger partial charge on any atom is -0.342 e. The lowest BCUT2D eigenvalue weighted by molar-refractivity contribution is -0.133. The SMILES string of the molecule is CCN(CC)C(=O)CN1CCN(C(=O)/C=C/c2c(C)nn(-c3ccc(F)cc3)c2Cl)CC1. The number of benzene rings is 1. The largest absolute Gasteiger partial charge is 0.342 e. The molecular weight excluding hydrogens is 433 g/mol. The molecule has 1 aliphatic heterocycles. The summed E-state index contributed by atoms with van der Waals surface area (Å²) in [6.45, 7) is 10.0. The molecule has 2 amide bonds. The van der Waals surface area contributed by atoms with E-state index in [1.165, 1.54) is 22.9 Å². The summed E-state index contributed by atoms with van der Waals surface area (Å²) in [5, 5.41) is 4.77. The predicted octanol–water partition coefficient (Wildman–Crippen LogP) is 3.00. The molecule has 2 aromatic rings. The maximum Gasteiger partial charge on any atom is 0.246 e. The Kier molecular flexibility index (Phi) is 8.04. The van der Waals surface area contributed by atoms with Gasteiger partial charge >= 0.3 is 0 Å². The van der Waals surface area contributed by atoms with Crippen molar-refractivity contribution in [3.63, 3.8) is 0 Å². The van der Waals surface area contributed by atoms with Gasteiger partial charge in [-0.1, -0.05) is 11.6 Å². The molecule has 32 heavy (non-hydrogen) atoms. The molecule has 0 aliphatic carbocycles. The van der Waals surface area contributed by atoms with Gasteiger partial charge < -0.3 is 9.80 Å². The molecule has 1 aromatic heterocycles. The standard InChI is InChI=1S/C23H29ClFN5O2/c1-4-28(5-2)22(32)16-27-12-14-29(15-13-27)21(31)11-10-20-17(3)26-30(23(20)24)19-8-6-18(25)7-9-19/h6-11H,4-5,12-16H2,1-3H3/b11-10+. The molecule has 0 bridgehead atoms. The lowest BCUT2D eigenvalue weighted by atomic mass is 10.2. The molecule has 1 saturated heterocycles. The molecule has 0 atom stereocenters. The van der Waals surface area contributed by atoms with Crippen molar-refractivity contribution in [2.75, 3.05) is 45.8 Å². The van der Waals surface area contributed by atoms with Gasteiger partial charge in [-0.05, 0) is 51.1 Å². The number of aromatic nitrogens is 2. The van der Waals surface area contributed by atoms with Crippen LogP contribution in [0.2, 0.25) is 5.15 Å². The fourth-order valence-corrected chi connectivity index (χ4v) is 4.04. The number of aryl methyl sites for hydroxylation is 1. The number of nitrogens with zero attached hydrogens (tertiary/aromatic N) is 5. The Morgan fingerprint density at radius 2 is 1.75 bits per heavy atom. The fourth-order valence-electron chi connectivity index (χ4n) is 3.71. The molecule has 1 aromatic carbocycles. The predicted molar refractivity (Wildman–Crippen MR) is 123 cm³/mol. The molecule has 9 heteroatoms. The quantitative estimate of drug-likeness (QED) is 0.595. The number of piperazine rings is 1. The minimum atomic E-state index is -0.336. The maximum absolute atomic E-state index is 13.2. The van der Waals surface area contributed by atoms with Gasteiger partial charge in [0.2, 0.25) is 11.8 Å². The van der Waals surface area contributed by atoms with Gasteiger partial charge in [0.05, 0.1) is 17.9 Å². The van der Waals surface area contributed by atoms with Crippen LogP contribution in [0.3, 0.4) is 0 Å². The number of halogens is 2. The number of carbonyl (C=O) groups excluding carboxylic acids is 2. The summed E-state index contributed by atoms with van der Waals surface area (Å²) >= 11 is 6.48. The Bertz CT molecular complexity index is 977. The second-order valence-corrected chi connectivity index (χ2v) is 8.04. The van der Waals surface area contributed by atoms with Gasteiger partial charge in [0.25, 0.3) is 0 Å². The third kappa shape index (κ3) is 5.55. The minimum absolute atomic E-state index is 0.107. The number of carbonyl (C=O) groups is 2. The second-order valence-electron chi connectivity index (χ2n) is 7.68. The van der Waals surface area contributed by atoms with Gasteiger partial charge in [0, 0.05) is 50.9 Å². The summed E-state index contributed by atoms with van der Waals surface area (Å²) in [5.74, 6) is -0.320. The Balaban J connectivity index is 1.59. The van der Waals surface area contributed by atoms with E-state index >= 15 is 0 Å². The van der Waals surface area contributed by atoms with E-state index in [4.69, 9.17) is 11.6 Å². The van der Waals surface area contributed by atoms with Crippen LogP contribution >= 0.6 is 11.6 Å². The van der Waals surface area contributed by atoms with Crippen LogP contribution < -0.4 is 0 Å². The molecule has 0 unspecified atom stereocenters. The van der Waals surface area contributed by atoms with Crippen molar-refractivity contribution in [3.8, 4) is 5.69 Å². The van der Waals surface area contributed by atoms with E-state index < -0.39 is 0 Å². The van der Waals surface area contributed by atoms with Gasteiger partial charge in [0.15, 0.2) is 0 Å². The monoisotopic (exact) mass is 461 g/mol. The first-order valence-electron chi connectivity index (χ1n) is 10.8. The van der Waals surface area contributed by atoms with Gasteiger partial charge in [-0.3, -0.25) is 14.5 Å². The van der Waals surface area contributed by atoms with Gasteiger partial charge in [0.1, 0.15) is 11.0 Å². The Hall–Kier alpha value is -2.71. The van der Waals surface area contributed by atoms with E-state index in [0.29, 0.717) is 67.9 Å². The summed E-state index contributed by atoms with van der Waals surface area (Å²) in [4.78, 5) is 30.6. The highest BCUT2D eigenvalue weighted by molar-refractivity contribution is 6.31. The second kappa shape index (κ2) is 10.7. The molecule has 172 valence electrons. The van der Waals surface area contributed by atoms with Gasteiger partial charge in [-0.25, -0.2) is 9.07 Å². The Labute approximate surface area is 193 Å². The van der Waals surface area contributed by atoms with E-state index in [1.54, 1.807) is 23.1 Å². The van der Waals surface area contributed by atoms with Crippen LogP contribution in [0, 0.1) is 12.7 Å². The average Bonchev–Trinajstić information content (AvgIpc) is 3.07. The van der Waals surface area contributed by atoms with Crippen LogP contribution in [-0.2, 0) is 9.59 Å². The smallest absolute Gasteiger partial charge is 0.246 e. The highest BCUT2D eigenvalue weighted by atomic mass is 35.5. The zero-order valence-electron chi connectivity index (χ0n) is 18.7. The van der Waals surface area contributed by atoms with Crippen LogP contribution in [0.4, 0.5) is 4.39 Å². The number of rotatable bonds is 7. The highest BCUT2D eigenvalue weighted by Gasteiger charge is 2.23. The lowest BCUT2D eigenvalue weighted by Gasteiger charge is -2.34.